The van der Waals surface area contributed by atoms with Crippen LogP contribution in [0.2, 0.25) is 0 Å². The van der Waals surface area contributed by atoms with E-state index < -0.39 is 5.60 Å². The van der Waals surface area contributed by atoms with Gasteiger partial charge in [-0.2, -0.15) is 0 Å². The molecule has 2 heteroatoms. The van der Waals surface area contributed by atoms with Gasteiger partial charge in [0.1, 0.15) is 5.60 Å². The Morgan fingerprint density at radius 1 is 1.25 bits per heavy atom. The highest BCUT2D eigenvalue weighted by atomic mass is 16.3. The quantitative estimate of drug-likeness (QED) is 0.687. The maximum Gasteiger partial charge on any atom is 0.166 e. The molecule has 0 aromatic carbocycles. The summed E-state index contributed by atoms with van der Waals surface area (Å²) in [5.74, 6) is 0.154. The summed E-state index contributed by atoms with van der Waals surface area (Å²) in [4.78, 5) is 11.6. The highest BCUT2D eigenvalue weighted by molar-refractivity contribution is 5.88. The van der Waals surface area contributed by atoms with Crippen molar-refractivity contribution in [1.82, 2.24) is 0 Å². The number of carbonyl (C=O) groups is 1. The molecule has 0 aromatic heterocycles. The zero-order chi connectivity index (χ0) is 9.19. The van der Waals surface area contributed by atoms with Gasteiger partial charge in [-0.15, -0.1) is 0 Å². The molecule has 0 amide bonds. The Morgan fingerprint density at radius 3 is 2.17 bits per heavy atom. The number of rotatable bonds is 2. The Hall–Kier alpha value is -0.370. The summed E-state index contributed by atoms with van der Waals surface area (Å²) in [6.07, 6.45) is 5.49. The summed E-state index contributed by atoms with van der Waals surface area (Å²) < 4.78 is 0. The molecule has 70 valence electrons. The van der Waals surface area contributed by atoms with Gasteiger partial charge in [-0.25, -0.2) is 0 Å². The molecule has 0 aromatic rings. The molecule has 0 radical (unpaired) electrons. The molecule has 0 unspecified atom stereocenters. The number of ketones is 1. The van der Waals surface area contributed by atoms with Gasteiger partial charge in [-0.3, -0.25) is 4.79 Å². The highest BCUT2D eigenvalue weighted by Crippen LogP contribution is 2.27. The average Bonchev–Trinajstić information content (AvgIpc) is 2.03. The van der Waals surface area contributed by atoms with Crippen molar-refractivity contribution in [2.45, 2.75) is 51.6 Å². The van der Waals surface area contributed by atoms with Crippen LogP contribution in [-0.4, -0.2) is 16.5 Å². The number of hydrogen-bond donors (Lipinski definition) is 1. The molecule has 0 heterocycles. The summed E-state index contributed by atoms with van der Waals surface area (Å²) >= 11 is 0. The van der Waals surface area contributed by atoms with E-state index in [4.69, 9.17) is 0 Å². The molecule has 1 aliphatic rings. The second kappa shape index (κ2) is 3.56. The molecule has 1 saturated carbocycles. The monoisotopic (exact) mass is 170 g/mol. The van der Waals surface area contributed by atoms with Crippen molar-refractivity contribution < 1.29 is 9.90 Å². The predicted octanol–water partition coefficient (Wildman–Crippen LogP) is 1.91. The molecule has 1 N–H and O–H groups in total. The Balaban J connectivity index is 2.51. The van der Waals surface area contributed by atoms with E-state index in [0.29, 0.717) is 0 Å². The van der Waals surface area contributed by atoms with Gasteiger partial charge in [0.25, 0.3) is 0 Å². The van der Waals surface area contributed by atoms with Crippen molar-refractivity contribution in [3.05, 3.63) is 0 Å². The van der Waals surface area contributed by atoms with Gasteiger partial charge < -0.3 is 5.11 Å². The minimum Gasteiger partial charge on any atom is -0.383 e. The van der Waals surface area contributed by atoms with Crippen LogP contribution in [0.25, 0.3) is 0 Å². The van der Waals surface area contributed by atoms with Crippen LogP contribution in [-0.2, 0) is 4.79 Å². The lowest BCUT2D eigenvalue weighted by molar-refractivity contribution is -0.139. The normalized spacial score (nSPS) is 20.9. The largest absolute Gasteiger partial charge is 0.383 e. The van der Waals surface area contributed by atoms with Crippen LogP contribution in [0.15, 0.2) is 0 Å². The SMILES string of the molecule is CC(C)(O)C(=O)C1CCCCC1. The van der Waals surface area contributed by atoms with Crippen LogP contribution < -0.4 is 0 Å². The fourth-order valence-corrected chi connectivity index (χ4v) is 1.86. The van der Waals surface area contributed by atoms with Crippen LogP contribution in [0.3, 0.4) is 0 Å². The number of hydrogen-bond acceptors (Lipinski definition) is 2. The van der Waals surface area contributed by atoms with Crippen molar-refractivity contribution in [2.24, 2.45) is 5.92 Å². The Kier molecular flexibility index (Phi) is 2.89. The second-order valence-corrected chi connectivity index (χ2v) is 4.26. The van der Waals surface area contributed by atoms with E-state index in [-0.39, 0.29) is 11.7 Å². The lowest BCUT2D eigenvalue weighted by Gasteiger charge is -2.26. The summed E-state index contributed by atoms with van der Waals surface area (Å²) in [6, 6.07) is 0. The topological polar surface area (TPSA) is 37.3 Å². The lowest BCUT2D eigenvalue weighted by atomic mass is 9.81. The molecular formula is C10H18O2. The highest BCUT2D eigenvalue weighted by Gasteiger charge is 2.31. The second-order valence-electron chi connectivity index (χ2n) is 4.26. The van der Waals surface area contributed by atoms with Crippen molar-refractivity contribution in [3.8, 4) is 0 Å². The lowest BCUT2D eigenvalue weighted by Crippen LogP contribution is -2.37. The van der Waals surface area contributed by atoms with Crippen molar-refractivity contribution >= 4 is 5.78 Å². The average molecular weight is 170 g/mol. The molecule has 1 rings (SSSR count). The van der Waals surface area contributed by atoms with Gasteiger partial charge in [-0.1, -0.05) is 19.3 Å². The van der Waals surface area contributed by atoms with Gasteiger partial charge in [0.15, 0.2) is 5.78 Å². The number of aliphatic hydroxyl groups is 1. The molecule has 2 nitrogen and oxygen atoms in total. The molecule has 1 aliphatic carbocycles. The minimum atomic E-state index is -1.12. The fraction of sp³-hybridized carbons (Fsp3) is 0.900. The first-order valence-corrected chi connectivity index (χ1v) is 4.78. The standard InChI is InChI=1S/C10H18O2/c1-10(2,12)9(11)8-6-4-3-5-7-8/h8,12H,3-7H2,1-2H3. The number of Topliss-reactive ketones (excluding diaryl/α,β-unsaturated/α-hetero) is 1. The third-order valence-corrected chi connectivity index (χ3v) is 2.58. The molecule has 0 aliphatic heterocycles. The first-order valence-electron chi connectivity index (χ1n) is 4.78. The molecule has 0 saturated heterocycles. The fourth-order valence-electron chi connectivity index (χ4n) is 1.86. The van der Waals surface area contributed by atoms with Gasteiger partial charge in [0, 0.05) is 5.92 Å². The van der Waals surface area contributed by atoms with E-state index in [0.717, 1.165) is 25.7 Å². The molecule has 0 spiro atoms. The van der Waals surface area contributed by atoms with Gasteiger partial charge >= 0.3 is 0 Å². The van der Waals surface area contributed by atoms with Crippen molar-refractivity contribution in [1.29, 1.82) is 0 Å². The van der Waals surface area contributed by atoms with Gasteiger partial charge in [-0.05, 0) is 26.7 Å². The van der Waals surface area contributed by atoms with Crippen LogP contribution in [0.1, 0.15) is 46.0 Å². The molecule has 0 bridgehead atoms. The molecular weight excluding hydrogens is 152 g/mol. The van der Waals surface area contributed by atoms with Crippen LogP contribution >= 0.6 is 0 Å². The Morgan fingerprint density at radius 2 is 1.75 bits per heavy atom. The first kappa shape index (κ1) is 9.72. The van der Waals surface area contributed by atoms with E-state index >= 15 is 0 Å². The zero-order valence-corrected chi connectivity index (χ0v) is 7.97. The van der Waals surface area contributed by atoms with E-state index in [9.17, 15) is 9.90 Å². The maximum absolute atomic E-state index is 11.6. The van der Waals surface area contributed by atoms with Crippen LogP contribution in [0, 0.1) is 5.92 Å². The molecule has 0 atom stereocenters. The number of carbonyl (C=O) groups excluding carboxylic acids is 1. The maximum atomic E-state index is 11.6. The third kappa shape index (κ3) is 2.31. The van der Waals surface area contributed by atoms with E-state index in [1.165, 1.54) is 6.42 Å². The summed E-state index contributed by atoms with van der Waals surface area (Å²) in [5, 5.41) is 9.49. The smallest absolute Gasteiger partial charge is 0.166 e. The zero-order valence-electron chi connectivity index (χ0n) is 7.97. The predicted molar refractivity (Wildman–Crippen MR) is 47.9 cm³/mol. The summed E-state index contributed by atoms with van der Waals surface area (Å²) in [7, 11) is 0. The van der Waals surface area contributed by atoms with Crippen LogP contribution in [0.5, 0.6) is 0 Å². The van der Waals surface area contributed by atoms with Gasteiger partial charge in [0.05, 0.1) is 0 Å². The Bertz CT molecular complexity index is 161. The van der Waals surface area contributed by atoms with Crippen molar-refractivity contribution in [2.75, 3.05) is 0 Å². The minimum absolute atomic E-state index is 0.0298. The van der Waals surface area contributed by atoms with Gasteiger partial charge in [0.2, 0.25) is 0 Å². The Labute approximate surface area is 74.0 Å². The molecule has 12 heavy (non-hydrogen) atoms. The van der Waals surface area contributed by atoms with Crippen LogP contribution in [0.4, 0.5) is 0 Å². The van der Waals surface area contributed by atoms with E-state index in [1.807, 2.05) is 0 Å². The summed E-state index contributed by atoms with van der Waals surface area (Å²) in [5.41, 5.74) is -1.12. The van der Waals surface area contributed by atoms with E-state index in [2.05, 4.69) is 0 Å². The summed E-state index contributed by atoms with van der Waals surface area (Å²) in [6.45, 7) is 3.17. The van der Waals surface area contributed by atoms with Crippen molar-refractivity contribution in [3.63, 3.8) is 0 Å². The van der Waals surface area contributed by atoms with E-state index in [1.54, 1.807) is 13.8 Å². The third-order valence-electron chi connectivity index (χ3n) is 2.58. The first-order chi connectivity index (χ1) is 5.52. The molecule has 1 fully saturated rings.